The Morgan fingerprint density at radius 3 is 2.61 bits per heavy atom. The lowest BCUT2D eigenvalue weighted by Gasteiger charge is -2.35. The molecule has 11 nitrogen and oxygen atoms in total. The van der Waals surface area contributed by atoms with E-state index < -0.39 is 0 Å². The van der Waals surface area contributed by atoms with E-state index in [9.17, 15) is 14.0 Å². The molecule has 0 radical (unpaired) electrons. The molecule has 0 spiro atoms. The van der Waals surface area contributed by atoms with Crippen LogP contribution in [-0.4, -0.2) is 80.1 Å². The highest BCUT2D eigenvalue weighted by molar-refractivity contribution is 6.00. The van der Waals surface area contributed by atoms with Gasteiger partial charge in [-0.2, -0.15) is 0 Å². The second-order valence-corrected chi connectivity index (χ2v) is 14.2. The lowest BCUT2D eigenvalue weighted by molar-refractivity contribution is -0.135. The number of pyridine rings is 1. The first-order chi connectivity index (χ1) is 26.5. The maximum Gasteiger partial charge on any atom is 0.249 e. The number of halogens is 1. The van der Waals surface area contributed by atoms with Gasteiger partial charge in [0.2, 0.25) is 11.8 Å². The number of carbonyl (C=O) groups excluding carboxylic acids is 2. The van der Waals surface area contributed by atoms with Gasteiger partial charge in [-0.05, 0) is 79.4 Å². The van der Waals surface area contributed by atoms with Crippen molar-refractivity contribution < 1.29 is 14.0 Å². The molecule has 1 N–H and O–H groups in total. The van der Waals surface area contributed by atoms with E-state index in [1.165, 1.54) is 6.07 Å². The lowest BCUT2D eigenvalue weighted by atomic mass is 10.0. The van der Waals surface area contributed by atoms with Gasteiger partial charge in [0.05, 0.1) is 17.9 Å². The Kier molecular flexibility index (Phi) is 9.00. The third kappa shape index (κ3) is 6.56. The number of benzene rings is 2. The molecule has 3 aliphatic heterocycles. The number of hydrogen-bond acceptors (Lipinski definition) is 8. The van der Waals surface area contributed by atoms with Crippen LogP contribution in [0.2, 0.25) is 0 Å². The molecule has 12 heteroatoms. The molecule has 2 aromatic carbocycles. The number of rotatable bonds is 7. The van der Waals surface area contributed by atoms with Crippen LogP contribution in [0.3, 0.4) is 0 Å². The van der Waals surface area contributed by atoms with Crippen LogP contribution >= 0.6 is 0 Å². The Balaban J connectivity index is 0.836. The zero-order chi connectivity index (χ0) is 36.6. The van der Waals surface area contributed by atoms with Crippen LogP contribution < -0.4 is 15.1 Å². The smallest absolute Gasteiger partial charge is 0.249 e. The van der Waals surface area contributed by atoms with Gasteiger partial charge in [-0.15, -0.1) is 5.10 Å². The van der Waals surface area contributed by atoms with Gasteiger partial charge in [-0.1, -0.05) is 36.1 Å². The molecule has 7 heterocycles. The standard InChI is InChI=1S/C42H40FN9O2/c43-31-10-3-9-30(27-31)34-13-6-21-51(34)40-17-16-38-44-28-37(52(38)47-40)33-11-5-14-39(45-33)49-25-23-48(24-26-49)20-2-1-7-29-8-4-12-35-32(29)19-22-50(35)36-15-18-41(53)46-42(36)54/h3-5,8-12,14,16-17,19,22,27-28,34,36H,2,6,13,15,18,20-21,23-26H2,(H,46,53,54)/t34-,36?/m1/s1. The van der Waals surface area contributed by atoms with Crippen LogP contribution in [0.15, 0.2) is 91.3 Å². The van der Waals surface area contributed by atoms with E-state index in [2.05, 4.69) is 42.9 Å². The Labute approximate surface area is 312 Å². The van der Waals surface area contributed by atoms with Gasteiger partial charge in [0.25, 0.3) is 0 Å². The Hall–Kier alpha value is -6.06. The Morgan fingerprint density at radius 2 is 1.74 bits per heavy atom. The predicted molar refractivity (Wildman–Crippen MR) is 205 cm³/mol. The summed E-state index contributed by atoms with van der Waals surface area (Å²) in [6.45, 7) is 5.30. The zero-order valence-corrected chi connectivity index (χ0v) is 29.9. The van der Waals surface area contributed by atoms with Crippen molar-refractivity contribution in [2.75, 3.05) is 49.1 Å². The molecule has 272 valence electrons. The Morgan fingerprint density at radius 1 is 0.870 bits per heavy atom. The lowest BCUT2D eigenvalue weighted by Crippen LogP contribution is -2.46. The number of nitrogens with one attached hydrogen (secondary N) is 1. The number of imidazole rings is 1. The summed E-state index contributed by atoms with van der Waals surface area (Å²) < 4.78 is 17.9. The molecule has 4 aromatic heterocycles. The van der Waals surface area contributed by atoms with Gasteiger partial charge in [0, 0.05) is 74.8 Å². The first-order valence-electron chi connectivity index (χ1n) is 18.7. The summed E-state index contributed by atoms with van der Waals surface area (Å²) in [6, 6.07) is 24.7. The van der Waals surface area contributed by atoms with Gasteiger partial charge in [-0.25, -0.2) is 18.9 Å². The van der Waals surface area contributed by atoms with Crippen LogP contribution in [-0.2, 0) is 9.59 Å². The van der Waals surface area contributed by atoms with Crippen molar-refractivity contribution in [1.29, 1.82) is 0 Å². The molecule has 3 fully saturated rings. The fourth-order valence-electron chi connectivity index (χ4n) is 8.12. The number of amides is 2. The molecule has 0 bridgehead atoms. The third-order valence-corrected chi connectivity index (χ3v) is 10.9. The van der Waals surface area contributed by atoms with Crippen molar-refractivity contribution in [1.82, 2.24) is 34.4 Å². The minimum absolute atomic E-state index is 0.0757. The quantitative estimate of drug-likeness (QED) is 0.164. The molecule has 2 amide bonds. The maximum atomic E-state index is 14.1. The highest BCUT2D eigenvalue weighted by Gasteiger charge is 2.30. The molecule has 0 aliphatic carbocycles. The van der Waals surface area contributed by atoms with Crippen molar-refractivity contribution in [2.45, 2.75) is 44.2 Å². The number of hydrogen-bond donors (Lipinski definition) is 1. The number of anilines is 2. The number of carbonyl (C=O) groups is 2. The van der Waals surface area contributed by atoms with E-state index in [1.807, 2.05) is 76.1 Å². The van der Waals surface area contributed by atoms with Crippen molar-refractivity contribution >= 4 is 40.0 Å². The molecule has 0 saturated carbocycles. The van der Waals surface area contributed by atoms with Crippen LogP contribution in [0.5, 0.6) is 0 Å². The summed E-state index contributed by atoms with van der Waals surface area (Å²) in [5.74, 6) is 7.83. The largest absolute Gasteiger partial charge is 0.354 e. The molecule has 1 unspecified atom stereocenters. The summed E-state index contributed by atoms with van der Waals surface area (Å²) in [5.41, 5.74) is 5.25. The molecule has 54 heavy (non-hydrogen) atoms. The molecular weight excluding hydrogens is 682 g/mol. The van der Waals surface area contributed by atoms with Gasteiger partial charge in [0.1, 0.15) is 29.2 Å². The van der Waals surface area contributed by atoms with Gasteiger partial charge < -0.3 is 14.4 Å². The second kappa shape index (κ2) is 14.4. The van der Waals surface area contributed by atoms with Crippen molar-refractivity contribution in [2.24, 2.45) is 0 Å². The van der Waals surface area contributed by atoms with E-state index >= 15 is 0 Å². The number of nitrogens with zero attached hydrogens (tertiary/aromatic N) is 8. The first-order valence-corrected chi connectivity index (χ1v) is 18.7. The highest BCUT2D eigenvalue weighted by Crippen LogP contribution is 2.36. The summed E-state index contributed by atoms with van der Waals surface area (Å²) in [7, 11) is 0. The number of fused-ring (bicyclic) bond motifs is 2. The second-order valence-electron chi connectivity index (χ2n) is 14.2. The molecular formula is C42H40FN9O2. The number of piperidine rings is 1. The first kappa shape index (κ1) is 33.8. The van der Waals surface area contributed by atoms with Crippen LogP contribution in [0, 0.1) is 17.7 Å². The van der Waals surface area contributed by atoms with Gasteiger partial charge in [0.15, 0.2) is 5.65 Å². The Bertz CT molecular complexity index is 2440. The fraction of sp³-hybridized carbons (Fsp3) is 0.310. The van der Waals surface area contributed by atoms with E-state index in [1.54, 1.807) is 12.1 Å². The third-order valence-electron chi connectivity index (χ3n) is 10.9. The molecule has 2 atom stereocenters. The SMILES string of the molecule is O=C1CCC(n2ccc3c(C#CCCN4CCN(c5cccc(-c6cnc7ccc(N8CCC[C@@H]8c8cccc(F)c8)nn67)n5)CC4)cccc32)C(=O)N1. The molecule has 3 aliphatic rings. The van der Waals surface area contributed by atoms with E-state index in [4.69, 9.17) is 10.1 Å². The summed E-state index contributed by atoms with van der Waals surface area (Å²) >= 11 is 0. The average molecular weight is 722 g/mol. The average Bonchev–Trinajstić information content (AvgIpc) is 3.96. The summed E-state index contributed by atoms with van der Waals surface area (Å²) in [4.78, 5) is 40.9. The topological polar surface area (TPSA) is 104 Å². The summed E-state index contributed by atoms with van der Waals surface area (Å²) in [5, 5.41) is 8.50. The van der Waals surface area contributed by atoms with E-state index in [0.717, 1.165) is 109 Å². The number of piperazine rings is 1. The van der Waals surface area contributed by atoms with Crippen LogP contribution in [0.1, 0.15) is 55.3 Å². The minimum atomic E-state index is -0.390. The van der Waals surface area contributed by atoms with Crippen molar-refractivity contribution in [3.63, 3.8) is 0 Å². The predicted octanol–water partition coefficient (Wildman–Crippen LogP) is 5.77. The highest BCUT2D eigenvalue weighted by atomic mass is 19.1. The monoisotopic (exact) mass is 721 g/mol. The molecule has 3 saturated heterocycles. The van der Waals surface area contributed by atoms with E-state index in [0.29, 0.717) is 12.8 Å². The van der Waals surface area contributed by atoms with Gasteiger partial charge >= 0.3 is 0 Å². The summed E-state index contributed by atoms with van der Waals surface area (Å²) in [6.07, 6.45) is 7.32. The van der Waals surface area contributed by atoms with Crippen LogP contribution in [0.25, 0.3) is 27.9 Å². The number of aromatic nitrogens is 5. The van der Waals surface area contributed by atoms with Gasteiger partial charge in [-0.3, -0.25) is 19.8 Å². The number of imide groups is 1. The van der Waals surface area contributed by atoms with Crippen molar-refractivity contribution in [3.8, 4) is 23.2 Å². The minimum Gasteiger partial charge on any atom is -0.354 e. The van der Waals surface area contributed by atoms with Crippen molar-refractivity contribution in [3.05, 3.63) is 108 Å². The van der Waals surface area contributed by atoms with E-state index in [-0.39, 0.29) is 29.7 Å². The van der Waals surface area contributed by atoms with Crippen LogP contribution in [0.4, 0.5) is 16.0 Å². The molecule has 6 aromatic rings. The fourth-order valence-corrected chi connectivity index (χ4v) is 8.12. The zero-order valence-electron chi connectivity index (χ0n) is 29.9. The maximum absolute atomic E-state index is 14.1. The normalized spacial score (nSPS) is 19.4. The molecule has 9 rings (SSSR count).